The van der Waals surface area contributed by atoms with Crippen molar-refractivity contribution in [2.75, 3.05) is 0 Å². The Kier molecular flexibility index (Phi) is 12.2. The predicted octanol–water partition coefficient (Wildman–Crippen LogP) is 5.82. The Morgan fingerprint density at radius 1 is 1.04 bits per heavy atom. The standard InChI is InChI=1S/C23H32O3.Li.H/c1-2-3-4-5-6-7-8-9-10-11-12-13-18-21-22(26-21)19-16-14-15-17-20(19)23(24)25;;/h11-18,21-22H,2-10H2,1H3,(H,24,25);;/b12-11+,18-13+;;. The van der Waals surface area contributed by atoms with E-state index in [1.807, 2.05) is 24.3 Å². The third-order valence-electron chi connectivity index (χ3n) is 4.80. The molecule has 1 fully saturated rings. The van der Waals surface area contributed by atoms with Crippen LogP contribution >= 0.6 is 0 Å². The van der Waals surface area contributed by atoms with Crippen LogP contribution in [0.1, 0.15) is 86.7 Å². The van der Waals surface area contributed by atoms with E-state index >= 15 is 0 Å². The Hall–Kier alpha value is -1.27. The zero-order chi connectivity index (χ0) is 18.6. The molecule has 2 atom stereocenters. The third kappa shape index (κ3) is 8.97. The zero-order valence-electron chi connectivity index (χ0n) is 15.9. The van der Waals surface area contributed by atoms with E-state index in [4.69, 9.17) is 4.74 Å². The van der Waals surface area contributed by atoms with Gasteiger partial charge in [-0.3, -0.25) is 0 Å². The molecule has 1 aliphatic rings. The summed E-state index contributed by atoms with van der Waals surface area (Å²) in [6.45, 7) is 2.26. The number of hydrogen-bond donors (Lipinski definition) is 1. The monoisotopic (exact) mass is 364 g/mol. The van der Waals surface area contributed by atoms with Gasteiger partial charge in [0.05, 0.1) is 5.56 Å². The molecule has 0 spiro atoms. The van der Waals surface area contributed by atoms with Crippen molar-refractivity contribution in [3.8, 4) is 0 Å². The third-order valence-corrected chi connectivity index (χ3v) is 4.80. The molecule has 1 aliphatic heterocycles. The van der Waals surface area contributed by atoms with Gasteiger partial charge in [-0.15, -0.1) is 0 Å². The van der Waals surface area contributed by atoms with Gasteiger partial charge in [-0.25, -0.2) is 4.79 Å². The number of rotatable bonds is 13. The van der Waals surface area contributed by atoms with Crippen LogP contribution in [-0.2, 0) is 4.74 Å². The van der Waals surface area contributed by atoms with Crippen LogP contribution in [0.25, 0.3) is 0 Å². The molecule has 144 valence electrons. The molecule has 1 N–H and O–H groups in total. The number of benzene rings is 1. The van der Waals surface area contributed by atoms with E-state index < -0.39 is 5.97 Å². The fourth-order valence-electron chi connectivity index (χ4n) is 3.20. The van der Waals surface area contributed by atoms with Crippen LogP contribution in [0.2, 0.25) is 0 Å². The Morgan fingerprint density at radius 3 is 2.41 bits per heavy atom. The van der Waals surface area contributed by atoms with Crippen molar-refractivity contribution in [2.45, 2.75) is 76.9 Å². The summed E-state index contributed by atoms with van der Waals surface area (Å²) in [5.41, 5.74) is 1.09. The first-order valence-corrected chi connectivity index (χ1v) is 10.0. The Morgan fingerprint density at radius 2 is 1.70 bits per heavy atom. The number of allylic oxidation sites excluding steroid dienone is 3. The van der Waals surface area contributed by atoms with Gasteiger partial charge in [-0.1, -0.05) is 94.4 Å². The van der Waals surface area contributed by atoms with E-state index in [0.29, 0.717) is 5.56 Å². The van der Waals surface area contributed by atoms with Gasteiger partial charge >= 0.3 is 24.8 Å². The predicted molar refractivity (Wildman–Crippen MR) is 114 cm³/mol. The fourth-order valence-corrected chi connectivity index (χ4v) is 3.20. The summed E-state index contributed by atoms with van der Waals surface area (Å²) in [4.78, 5) is 11.2. The number of carbonyl (C=O) groups is 1. The van der Waals surface area contributed by atoms with Crippen molar-refractivity contribution in [1.82, 2.24) is 0 Å². The van der Waals surface area contributed by atoms with Gasteiger partial charge in [0.15, 0.2) is 0 Å². The van der Waals surface area contributed by atoms with Crippen LogP contribution in [0.15, 0.2) is 48.6 Å². The Balaban J connectivity index is 0.00000364. The van der Waals surface area contributed by atoms with Crippen LogP contribution in [0.4, 0.5) is 0 Å². The van der Waals surface area contributed by atoms with Crippen molar-refractivity contribution in [3.63, 3.8) is 0 Å². The molecule has 2 rings (SSSR count). The number of epoxide rings is 1. The number of ether oxygens (including phenoxy) is 1. The average Bonchev–Trinajstić information content (AvgIpc) is 3.42. The van der Waals surface area contributed by atoms with E-state index in [1.165, 1.54) is 51.4 Å². The molecule has 0 aromatic heterocycles. The minimum absolute atomic E-state index is 0. The van der Waals surface area contributed by atoms with Crippen molar-refractivity contribution < 1.29 is 14.6 Å². The maximum atomic E-state index is 11.2. The number of aromatic carboxylic acids is 1. The van der Waals surface area contributed by atoms with Crippen LogP contribution in [0.3, 0.4) is 0 Å². The summed E-state index contributed by atoms with van der Waals surface area (Å²) in [6, 6.07) is 7.06. The summed E-state index contributed by atoms with van der Waals surface area (Å²) in [7, 11) is 0. The van der Waals surface area contributed by atoms with Gasteiger partial charge in [0, 0.05) is 0 Å². The molecule has 0 saturated carbocycles. The molecule has 27 heavy (non-hydrogen) atoms. The molecule has 4 heteroatoms. The molecule has 2 unspecified atom stereocenters. The molecule has 3 nitrogen and oxygen atoms in total. The van der Waals surface area contributed by atoms with E-state index in [0.717, 1.165) is 12.0 Å². The van der Waals surface area contributed by atoms with E-state index in [9.17, 15) is 9.90 Å². The second-order valence-electron chi connectivity index (χ2n) is 6.99. The Bertz CT molecular complexity index is 609. The number of hydrogen-bond acceptors (Lipinski definition) is 2. The van der Waals surface area contributed by atoms with Gasteiger partial charge in [-0.05, 0) is 24.5 Å². The van der Waals surface area contributed by atoms with Crippen molar-refractivity contribution in [3.05, 3.63) is 59.7 Å². The van der Waals surface area contributed by atoms with Gasteiger partial charge in [0.1, 0.15) is 12.2 Å². The second-order valence-corrected chi connectivity index (χ2v) is 6.99. The van der Waals surface area contributed by atoms with Crippen LogP contribution in [0, 0.1) is 0 Å². The van der Waals surface area contributed by atoms with Gasteiger partial charge in [0.25, 0.3) is 0 Å². The quantitative estimate of drug-likeness (QED) is 0.208. The molecule has 1 aromatic carbocycles. The summed E-state index contributed by atoms with van der Waals surface area (Å²) in [5, 5.41) is 9.23. The molecule has 1 aromatic rings. The van der Waals surface area contributed by atoms with Gasteiger partial charge in [0.2, 0.25) is 0 Å². The molecule has 1 saturated heterocycles. The first-order chi connectivity index (χ1) is 12.7. The summed E-state index contributed by atoms with van der Waals surface area (Å²) < 4.78 is 5.61. The maximum absolute atomic E-state index is 11.2. The molecule has 0 bridgehead atoms. The molecule has 0 radical (unpaired) electrons. The van der Waals surface area contributed by atoms with Crippen LogP contribution < -0.4 is 0 Å². The normalized spacial score (nSPS) is 18.7. The molecular weight excluding hydrogens is 331 g/mol. The Labute approximate surface area is 176 Å². The summed E-state index contributed by atoms with van der Waals surface area (Å²) >= 11 is 0. The fraction of sp³-hybridized carbons (Fsp3) is 0.522. The molecule has 0 aliphatic carbocycles. The van der Waals surface area contributed by atoms with E-state index in [-0.39, 0.29) is 31.1 Å². The second kappa shape index (κ2) is 13.8. The van der Waals surface area contributed by atoms with Crippen LogP contribution in [0.5, 0.6) is 0 Å². The SMILES string of the molecule is CCCCCCCCCC/C=C/C=C/C1OC1c1ccccc1C(=O)O.[LiH]. The molecule has 1 heterocycles. The van der Waals surface area contributed by atoms with Gasteiger partial charge < -0.3 is 9.84 Å². The van der Waals surface area contributed by atoms with E-state index in [1.54, 1.807) is 12.1 Å². The van der Waals surface area contributed by atoms with Gasteiger partial charge in [-0.2, -0.15) is 0 Å². The average molecular weight is 364 g/mol. The zero-order valence-corrected chi connectivity index (χ0v) is 15.9. The summed E-state index contributed by atoms with van der Waals surface area (Å²) in [5.74, 6) is -0.899. The number of unbranched alkanes of at least 4 members (excludes halogenated alkanes) is 8. The van der Waals surface area contributed by atoms with Crippen molar-refractivity contribution in [1.29, 1.82) is 0 Å². The number of carboxylic acids is 1. The van der Waals surface area contributed by atoms with Crippen molar-refractivity contribution >= 4 is 24.8 Å². The first kappa shape index (κ1) is 23.8. The van der Waals surface area contributed by atoms with Crippen molar-refractivity contribution in [2.24, 2.45) is 0 Å². The first-order valence-electron chi connectivity index (χ1n) is 10.0. The topological polar surface area (TPSA) is 49.8 Å². The molecule has 0 amide bonds. The minimum atomic E-state index is -0.899. The molecular formula is C23H33LiO3. The van der Waals surface area contributed by atoms with E-state index in [2.05, 4.69) is 19.1 Å². The van der Waals surface area contributed by atoms with Crippen LogP contribution in [-0.4, -0.2) is 36.0 Å². The number of carboxylic acid groups (broad SMARTS) is 1. The summed E-state index contributed by atoms with van der Waals surface area (Å²) in [6.07, 6.45) is 20.1.